The van der Waals surface area contributed by atoms with Crippen LogP contribution in [0, 0.1) is 12.8 Å². The molecule has 3 atom stereocenters. The summed E-state index contributed by atoms with van der Waals surface area (Å²) >= 11 is -0.992. The predicted octanol–water partition coefficient (Wildman–Crippen LogP) is 1.14. The standard InChI is InChI=1S/C16H14P.C10H15.2ClH.Hf/c1-12-6-2-5-9-16(12)17-15-10-13-7-3-4-8-14(13)11-15;1-3-6-9(2)10-7-4-5-8-10;;;/h2-11,17H,1H3;4,7,9H,3,5-6H2,1-2H3;2*1H;/q;;;;+2/p-2. The molecule has 0 saturated heterocycles. The molecule has 2 aliphatic carbocycles. The van der Waals surface area contributed by atoms with Crippen LogP contribution < -0.4 is 30.1 Å². The van der Waals surface area contributed by atoms with Gasteiger partial charge in [-0.15, -0.1) is 0 Å². The van der Waals surface area contributed by atoms with E-state index in [4.69, 9.17) is 0 Å². The third-order valence-electron chi connectivity index (χ3n) is 5.89. The van der Waals surface area contributed by atoms with Crippen LogP contribution in [0.3, 0.4) is 0 Å². The minimum Gasteiger partial charge on any atom is -1.00 e. The molecule has 3 unspecified atom stereocenters. The number of allylic oxidation sites excluding steroid dienone is 5. The molecule has 4 rings (SSSR count). The van der Waals surface area contributed by atoms with Gasteiger partial charge in [0.15, 0.2) is 0 Å². The molecule has 0 heterocycles. The van der Waals surface area contributed by atoms with Crippen molar-refractivity contribution >= 4 is 20.0 Å². The van der Waals surface area contributed by atoms with Gasteiger partial charge < -0.3 is 24.8 Å². The Morgan fingerprint density at radius 2 is 1.80 bits per heavy atom. The van der Waals surface area contributed by atoms with E-state index in [1.54, 1.807) is 16.5 Å². The van der Waals surface area contributed by atoms with E-state index in [2.05, 4.69) is 87.5 Å². The van der Waals surface area contributed by atoms with E-state index in [1.807, 2.05) is 3.33 Å². The Hall–Kier alpha value is -0.460. The molecule has 2 aliphatic rings. The molecule has 0 fully saturated rings. The molecular weight excluding hydrogens is 593 g/mol. The maximum absolute atomic E-state index is 2.52. The van der Waals surface area contributed by atoms with E-state index in [0.29, 0.717) is 0 Å². The molecule has 0 amide bonds. The summed E-state index contributed by atoms with van der Waals surface area (Å²) < 4.78 is 2.59. The molecule has 0 bridgehead atoms. The zero-order valence-corrected chi connectivity index (χ0v) is 24.0. The van der Waals surface area contributed by atoms with Crippen LogP contribution in [0.25, 0.3) is 6.08 Å². The number of fused-ring (bicyclic) bond motifs is 1. The molecule has 30 heavy (non-hydrogen) atoms. The minimum absolute atomic E-state index is 0. The van der Waals surface area contributed by atoms with Crippen molar-refractivity contribution in [1.82, 2.24) is 0 Å². The summed E-state index contributed by atoms with van der Waals surface area (Å²) in [5.41, 5.74) is 6.23. The second kappa shape index (κ2) is 12.0. The molecule has 0 aromatic heterocycles. The topological polar surface area (TPSA) is 0 Å². The normalized spacial score (nSPS) is 18.0. The van der Waals surface area contributed by atoms with Crippen molar-refractivity contribution in [3.8, 4) is 0 Å². The van der Waals surface area contributed by atoms with E-state index in [0.717, 1.165) is 18.2 Å². The first-order valence-electron chi connectivity index (χ1n) is 10.5. The third-order valence-corrected chi connectivity index (χ3v) is 14.8. The zero-order chi connectivity index (χ0) is 19.5. The fraction of sp³-hybridized carbons (Fsp3) is 0.308. The monoisotopic (exact) mass is 622 g/mol. The van der Waals surface area contributed by atoms with Crippen molar-refractivity contribution in [3.05, 3.63) is 91.6 Å². The second-order valence-corrected chi connectivity index (χ2v) is 14.6. The van der Waals surface area contributed by atoms with E-state index in [9.17, 15) is 0 Å². The zero-order valence-electron chi connectivity index (χ0n) is 17.9. The number of aryl methyl sites for hydroxylation is 1. The van der Waals surface area contributed by atoms with Gasteiger partial charge in [-0.3, -0.25) is 0 Å². The van der Waals surface area contributed by atoms with Crippen LogP contribution >= 0.6 is 8.58 Å². The Morgan fingerprint density at radius 1 is 1.07 bits per heavy atom. The number of hydrogen-bond donors (Lipinski definition) is 0. The fourth-order valence-corrected chi connectivity index (χ4v) is 13.3. The van der Waals surface area contributed by atoms with Crippen LogP contribution in [0.5, 0.6) is 0 Å². The molecule has 4 heteroatoms. The number of halogens is 2. The Bertz CT molecular complexity index is 961. The van der Waals surface area contributed by atoms with E-state index in [1.165, 1.54) is 35.7 Å². The number of hydrogen-bond acceptors (Lipinski definition) is 0. The number of rotatable bonds is 7. The summed E-state index contributed by atoms with van der Waals surface area (Å²) in [6.07, 6.45) is 11.2. The average Bonchev–Trinajstić information content (AvgIpc) is 3.29. The van der Waals surface area contributed by atoms with Gasteiger partial charge >= 0.3 is 184 Å². The van der Waals surface area contributed by atoms with Crippen molar-refractivity contribution in [2.75, 3.05) is 0 Å². The van der Waals surface area contributed by atoms with Gasteiger partial charge in [-0.05, 0) is 0 Å². The van der Waals surface area contributed by atoms with E-state index >= 15 is 0 Å². The molecule has 2 aromatic carbocycles. The number of benzene rings is 2. The van der Waals surface area contributed by atoms with Crippen molar-refractivity contribution in [1.29, 1.82) is 0 Å². The molecular formula is C26H29Cl2HfP. The van der Waals surface area contributed by atoms with Crippen LogP contribution in [-0.4, -0.2) is 0 Å². The molecule has 0 N–H and O–H groups in total. The Kier molecular flexibility index (Phi) is 10.3. The summed E-state index contributed by atoms with van der Waals surface area (Å²) in [5, 5.41) is 3.22. The average molecular weight is 622 g/mol. The summed E-state index contributed by atoms with van der Waals surface area (Å²) in [6, 6.07) is 18.1. The summed E-state index contributed by atoms with van der Waals surface area (Å²) in [4.78, 5) is 0. The van der Waals surface area contributed by atoms with Crippen molar-refractivity contribution in [2.24, 2.45) is 5.92 Å². The first-order chi connectivity index (χ1) is 13.7. The molecule has 0 saturated carbocycles. The van der Waals surface area contributed by atoms with Gasteiger partial charge in [0, 0.05) is 0 Å². The van der Waals surface area contributed by atoms with Crippen LogP contribution in [0.4, 0.5) is 0 Å². The van der Waals surface area contributed by atoms with E-state index in [-0.39, 0.29) is 24.8 Å². The molecule has 0 aliphatic heterocycles. The molecule has 0 nitrogen and oxygen atoms in total. The molecule has 0 radical (unpaired) electrons. The van der Waals surface area contributed by atoms with Crippen molar-refractivity contribution < 1.29 is 47.7 Å². The maximum atomic E-state index is 2.52. The first-order valence-corrected chi connectivity index (χ1v) is 15.3. The van der Waals surface area contributed by atoms with Crippen LogP contribution in [0.2, 0.25) is 0 Å². The van der Waals surface area contributed by atoms with Gasteiger partial charge in [0.05, 0.1) is 0 Å². The third kappa shape index (κ3) is 5.66. The fourth-order valence-electron chi connectivity index (χ4n) is 4.34. The molecule has 156 valence electrons. The van der Waals surface area contributed by atoms with Gasteiger partial charge in [0.2, 0.25) is 0 Å². The van der Waals surface area contributed by atoms with Gasteiger partial charge in [0.1, 0.15) is 0 Å². The van der Waals surface area contributed by atoms with Crippen molar-refractivity contribution in [3.63, 3.8) is 0 Å². The summed E-state index contributed by atoms with van der Waals surface area (Å²) in [7, 11) is 0.810. The van der Waals surface area contributed by atoms with Crippen LogP contribution in [0.15, 0.2) is 74.9 Å². The largest absolute Gasteiger partial charge is 1.00 e. The SMILES string of the molecule is CCCC(C)C1=[C]([Hf+2][CH]2C(Pc3ccccc3C)=Cc3ccccc32)CC=C1.[Cl-].[Cl-]. The van der Waals surface area contributed by atoms with Gasteiger partial charge in [-0.2, -0.15) is 0 Å². The van der Waals surface area contributed by atoms with Gasteiger partial charge in [0.25, 0.3) is 0 Å². The maximum Gasteiger partial charge on any atom is -1.00 e. The Balaban J connectivity index is 0.00000160. The smallest absolute Gasteiger partial charge is 1.00 e. The van der Waals surface area contributed by atoms with Crippen LogP contribution in [-0.2, 0) is 22.9 Å². The molecule has 2 aromatic rings. The van der Waals surface area contributed by atoms with E-state index < -0.39 is 22.9 Å². The quantitative estimate of drug-likeness (QED) is 0.322. The van der Waals surface area contributed by atoms with Crippen LogP contribution in [0.1, 0.15) is 53.5 Å². The van der Waals surface area contributed by atoms with Crippen molar-refractivity contribution in [2.45, 2.75) is 43.7 Å². The molecule has 0 spiro atoms. The summed E-state index contributed by atoms with van der Waals surface area (Å²) in [6.45, 7) is 7.01. The second-order valence-electron chi connectivity index (χ2n) is 7.98. The first kappa shape index (κ1) is 25.8. The minimum atomic E-state index is -0.992. The Morgan fingerprint density at radius 3 is 2.57 bits per heavy atom. The predicted molar refractivity (Wildman–Crippen MR) is 121 cm³/mol. The van der Waals surface area contributed by atoms with Gasteiger partial charge in [-0.1, -0.05) is 0 Å². The summed E-state index contributed by atoms with van der Waals surface area (Å²) in [5.74, 6) is 0.731. The Labute approximate surface area is 207 Å². The van der Waals surface area contributed by atoms with Gasteiger partial charge in [-0.25, -0.2) is 0 Å².